The molecular formula is C24H39FO4. The first kappa shape index (κ1) is 24.1. The van der Waals surface area contributed by atoms with Crippen LogP contribution in [0.3, 0.4) is 0 Å². The first-order valence-corrected chi connectivity index (χ1v) is 11.3. The smallest absolute Gasteiger partial charge is 0.305 e. The number of hydrogen-bond donors (Lipinski definition) is 2. The van der Waals surface area contributed by atoms with E-state index in [2.05, 4.69) is 11.7 Å². The molecule has 2 aliphatic carbocycles. The van der Waals surface area contributed by atoms with Crippen molar-refractivity contribution in [1.82, 2.24) is 0 Å². The topological polar surface area (TPSA) is 66.8 Å². The van der Waals surface area contributed by atoms with Crippen molar-refractivity contribution in [3.05, 3.63) is 24.3 Å². The Balaban J connectivity index is 1.82. The minimum absolute atomic E-state index is 0.0718. The second-order valence-electron chi connectivity index (χ2n) is 8.88. The number of alkyl halides is 1. The van der Waals surface area contributed by atoms with Gasteiger partial charge < -0.3 is 14.9 Å². The van der Waals surface area contributed by atoms with Crippen LogP contribution in [-0.2, 0) is 9.53 Å². The van der Waals surface area contributed by atoms with Gasteiger partial charge in [-0.2, -0.15) is 0 Å². The van der Waals surface area contributed by atoms with Crippen molar-refractivity contribution < 1.29 is 24.1 Å². The quantitative estimate of drug-likeness (QED) is 0.273. The van der Waals surface area contributed by atoms with Crippen LogP contribution in [0.4, 0.5) is 4.39 Å². The Morgan fingerprint density at radius 2 is 2.07 bits per heavy atom. The number of rotatable bonds is 12. The zero-order valence-electron chi connectivity index (χ0n) is 18.1. The number of ether oxygens (including phenoxy) is 1. The molecule has 2 aliphatic rings. The summed E-state index contributed by atoms with van der Waals surface area (Å²) in [7, 11) is 1.38. The van der Waals surface area contributed by atoms with Crippen LogP contribution in [0.25, 0.3) is 0 Å². The minimum atomic E-state index is -1.01. The van der Waals surface area contributed by atoms with E-state index in [1.54, 1.807) is 0 Å². The van der Waals surface area contributed by atoms with Gasteiger partial charge in [-0.3, -0.25) is 4.79 Å². The van der Waals surface area contributed by atoms with E-state index in [1.807, 2.05) is 24.3 Å². The number of halogens is 1. The molecule has 0 aliphatic heterocycles. The lowest BCUT2D eigenvalue weighted by molar-refractivity contribution is -0.140. The molecule has 0 heterocycles. The number of carbonyl (C=O) groups is 1. The van der Waals surface area contributed by atoms with Crippen molar-refractivity contribution in [2.45, 2.75) is 95.9 Å². The molecule has 0 aromatic rings. The SMILES string of the molecule is CCCC1(C(O)C/C=C/[C@@H]2[C@@H](C/C=C\CCCC(=O)OC)[C@H](F)C[C@H]2O)CCC1. The first-order valence-electron chi connectivity index (χ1n) is 11.3. The standard InChI is InChI=1S/C24H39FO4/c1-3-14-24(15-9-16-24)22(27)12-8-11-19-18(20(25)17-21(19)26)10-6-4-5-7-13-23(28)29-2/h4,6,8,11,18-22,26-27H,3,5,7,9-10,12-17H2,1-2H3/b6-4-,11-8+/t18-,19-,20-,21-,22?/m1/s1. The Labute approximate surface area is 175 Å². The molecule has 0 spiro atoms. The van der Waals surface area contributed by atoms with Crippen LogP contribution < -0.4 is 0 Å². The number of aliphatic hydroxyl groups is 2. The van der Waals surface area contributed by atoms with Gasteiger partial charge in [0.1, 0.15) is 6.17 Å². The average molecular weight is 411 g/mol. The van der Waals surface area contributed by atoms with Gasteiger partial charge in [-0.1, -0.05) is 44.1 Å². The lowest BCUT2D eigenvalue weighted by atomic mass is 9.62. The van der Waals surface area contributed by atoms with E-state index in [0.29, 0.717) is 19.3 Å². The maximum Gasteiger partial charge on any atom is 0.305 e. The normalized spacial score (nSPS) is 30.0. The van der Waals surface area contributed by atoms with Crippen molar-refractivity contribution in [3.63, 3.8) is 0 Å². The van der Waals surface area contributed by atoms with Crippen LogP contribution in [-0.4, -0.2) is 41.7 Å². The monoisotopic (exact) mass is 410 g/mol. The summed E-state index contributed by atoms with van der Waals surface area (Å²) in [5.41, 5.74) is 0.0718. The van der Waals surface area contributed by atoms with Crippen molar-refractivity contribution in [2.75, 3.05) is 7.11 Å². The summed E-state index contributed by atoms with van der Waals surface area (Å²) >= 11 is 0. The molecule has 2 rings (SSSR count). The predicted molar refractivity (Wildman–Crippen MR) is 113 cm³/mol. The van der Waals surface area contributed by atoms with Crippen molar-refractivity contribution >= 4 is 5.97 Å². The molecule has 0 saturated heterocycles. The summed E-state index contributed by atoms with van der Waals surface area (Å²) in [6.07, 6.45) is 14.5. The van der Waals surface area contributed by atoms with Gasteiger partial charge in [-0.25, -0.2) is 4.39 Å². The number of esters is 1. The van der Waals surface area contributed by atoms with Crippen LogP contribution in [0.15, 0.2) is 24.3 Å². The van der Waals surface area contributed by atoms with Gasteiger partial charge in [-0.05, 0) is 50.4 Å². The first-order chi connectivity index (χ1) is 13.9. The molecule has 5 heteroatoms. The molecule has 0 amide bonds. The summed E-state index contributed by atoms with van der Waals surface area (Å²) in [5, 5.41) is 21.0. The fraction of sp³-hybridized carbons (Fsp3) is 0.792. The molecule has 2 N–H and O–H groups in total. The molecule has 0 aromatic carbocycles. The van der Waals surface area contributed by atoms with Gasteiger partial charge >= 0.3 is 5.97 Å². The lowest BCUT2D eigenvalue weighted by Gasteiger charge is -2.45. The molecule has 2 saturated carbocycles. The van der Waals surface area contributed by atoms with Gasteiger partial charge in [0.15, 0.2) is 0 Å². The van der Waals surface area contributed by atoms with Gasteiger partial charge in [0.25, 0.3) is 0 Å². The van der Waals surface area contributed by atoms with E-state index < -0.39 is 12.3 Å². The van der Waals surface area contributed by atoms with E-state index in [4.69, 9.17) is 0 Å². The maximum atomic E-state index is 14.4. The molecule has 0 aromatic heterocycles. The molecule has 29 heavy (non-hydrogen) atoms. The second kappa shape index (κ2) is 11.8. The van der Waals surface area contributed by atoms with Crippen molar-refractivity contribution in [1.29, 1.82) is 0 Å². The number of aliphatic hydroxyl groups excluding tert-OH is 2. The number of hydrogen-bond acceptors (Lipinski definition) is 4. The highest BCUT2D eigenvalue weighted by Gasteiger charge is 2.42. The third-order valence-electron chi connectivity index (χ3n) is 6.95. The summed E-state index contributed by atoms with van der Waals surface area (Å²) < 4.78 is 19.0. The average Bonchev–Trinajstić information content (AvgIpc) is 2.93. The Kier molecular flexibility index (Phi) is 9.84. The maximum absolute atomic E-state index is 14.4. The zero-order chi connectivity index (χ0) is 21.3. The molecule has 0 bridgehead atoms. The third-order valence-corrected chi connectivity index (χ3v) is 6.95. The highest BCUT2D eigenvalue weighted by atomic mass is 19.1. The van der Waals surface area contributed by atoms with E-state index in [-0.39, 0.29) is 35.7 Å². The Hall–Kier alpha value is -1.20. The third kappa shape index (κ3) is 6.65. The molecule has 5 atom stereocenters. The van der Waals surface area contributed by atoms with Gasteiger partial charge in [0.05, 0.1) is 19.3 Å². The Morgan fingerprint density at radius 1 is 1.31 bits per heavy atom. The van der Waals surface area contributed by atoms with Crippen molar-refractivity contribution in [2.24, 2.45) is 17.3 Å². The van der Waals surface area contributed by atoms with Gasteiger partial charge in [0, 0.05) is 24.7 Å². The van der Waals surface area contributed by atoms with E-state index in [0.717, 1.165) is 38.5 Å². The lowest BCUT2D eigenvalue weighted by Crippen LogP contribution is -2.41. The van der Waals surface area contributed by atoms with Crippen molar-refractivity contribution in [3.8, 4) is 0 Å². The molecular weight excluding hydrogens is 371 g/mol. The van der Waals surface area contributed by atoms with E-state index in [9.17, 15) is 19.4 Å². The van der Waals surface area contributed by atoms with Gasteiger partial charge in [-0.15, -0.1) is 0 Å². The number of unbranched alkanes of at least 4 members (excludes halogenated alkanes) is 1. The van der Waals surface area contributed by atoms with Crippen LogP contribution in [0, 0.1) is 17.3 Å². The molecule has 1 unspecified atom stereocenters. The second-order valence-corrected chi connectivity index (χ2v) is 8.88. The van der Waals surface area contributed by atoms with Crippen LogP contribution in [0.2, 0.25) is 0 Å². The highest BCUT2D eigenvalue weighted by molar-refractivity contribution is 5.69. The highest BCUT2D eigenvalue weighted by Crippen LogP contribution is 2.48. The largest absolute Gasteiger partial charge is 0.469 e. The summed E-state index contributed by atoms with van der Waals surface area (Å²) in [4.78, 5) is 11.1. The fourth-order valence-corrected chi connectivity index (χ4v) is 5.00. The Morgan fingerprint density at radius 3 is 2.69 bits per heavy atom. The zero-order valence-corrected chi connectivity index (χ0v) is 18.1. The van der Waals surface area contributed by atoms with Crippen LogP contribution in [0.5, 0.6) is 0 Å². The summed E-state index contributed by atoms with van der Waals surface area (Å²) in [6.45, 7) is 2.16. The Bertz CT molecular complexity index is 555. The molecule has 0 radical (unpaired) electrons. The predicted octanol–water partition coefficient (Wildman–Crippen LogP) is 4.89. The van der Waals surface area contributed by atoms with Gasteiger partial charge in [0.2, 0.25) is 0 Å². The van der Waals surface area contributed by atoms with Crippen LogP contribution >= 0.6 is 0 Å². The minimum Gasteiger partial charge on any atom is -0.469 e. The molecule has 2 fully saturated rings. The number of methoxy groups -OCH3 is 1. The fourth-order valence-electron chi connectivity index (χ4n) is 5.00. The summed E-state index contributed by atoms with van der Waals surface area (Å²) in [6, 6.07) is 0. The number of allylic oxidation sites excluding steroid dienone is 2. The number of carbonyl (C=O) groups excluding carboxylic acids is 1. The van der Waals surface area contributed by atoms with E-state index in [1.165, 1.54) is 13.5 Å². The molecule has 4 nitrogen and oxygen atoms in total. The van der Waals surface area contributed by atoms with Crippen LogP contribution in [0.1, 0.15) is 77.6 Å². The summed E-state index contributed by atoms with van der Waals surface area (Å²) in [5.74, 6) is -0.653. The van der Waals surface area contributed by atoms with E-state index >= 15 is 0 Å². The molecule has 166 valence electrons.